The van der Waals surface area contributed by atoms with Crippen molar-refractivity contribution in [3.63, 3.8) is 0 Å². The molecule has 4 heteroatoms. The van der Waals surface area contributed by atoms with Crippen LogP contribution in [-0.2, 0) is 7.05 Å². The minimum Gasteiger partial charge on any atom is -0.339 e. The summed E-state index contributed by atoms with van der Waals surface area (Å²) in [7, 11) is 1.91. The highest BCUT2D eigenvalue weighted by atomic mass is 16.1. The lowest BCUT2D eigenvalue weighted by atomic mass is 10.1. The van der Waals surface area contributed by atoms with E-state index in [9.17, 15) is 4.79 Å². The molecule has 0 fully saturated rings. The van der Waals surface area contributed by atoms with E-state index in [0.29, 0.717) is 5.52 Å². The summed E-state index contributed by atoms with van der Waals surface area (Å²) in [5.41, 5.74) is 3.33. The topological polar surface area (TPSA) is 50.7 Å². The number of hydrogen-bond donors (Lipinski definition) is 1. The molecule has 0 radical (unpaired) electrons. The second-order valence-corrected chi connectivity index (χ2v) is 5.07. The first-order valence-corrected chi connectivity index (χ1v) is 6.78. The van der Waals surface area contributed by atoms with Gasteiger partial charge in [-0.2, -0.15) is 5.10 Å². The van der Waals surface area contributed by atoms with Crippen LogP contribution in [0.2, 0.25) is 0 Å². The van der Waals surface area contributed by atoms with Crippen molar-refractivity contribution in [2.24, 2.45) is 7.05 Å². The van der Waals surface area contributed by atoms with Gasteiger partial charge in [0.05, 0.1) is 0 Å². The zero-order valence-corrected chi connectivity index (χ0v) is 11.5. The molecule has 0 aliphatic rings. The van der Waals surface area contributed by atoms with E-state index >= 15 is 0 Å². The number of nitrogens with zero attached hydrogens (tertiary/aromatic N) is 2. The van der Waals surface area contributed by atoms with Gasteiger partial charge in [-0.25, -0.2) is 5.10 Å². The molecule has 4 aromatic rings. The molecule has 4 nitrogen and oxygen atoms in total. The van der Waals surface area contributed by atoms with Crippen LogP contribution < -0.4 is 5.56 Å². The Morgan fingerprint density at radius 3 is 2.52 bits per heavy atom. The van der Waals surface area contributed by atoms with Crippen LogP contribution in [0.15, 0.2) is 59.4 Å². The molecule has 0 bridgehead atoms. The SMILES string of the molecule is Cn1c2ccccc2c2c(-c3ccccc3)n[nH]c(=O)c21. The minimum absolute atomic E-state index is 0.164. The van der Waals surface area contributed by atoms with Crippen molar-refractivity contribution in [3.05, 3.63) is 65.0 Å². The molecular formula is C17H13N3O. The Morgan fingerprint density at radius 2 is 1.71 bits per heavy atom. The summed E-state index contributed by atoms with van der Waals surface area (Å²) in [6.07, 6.45) is 0. The summed E-state index contributed by atoms with van der Waals surface area (Å²) in [4.78, 5) is 12.2. The molecule has 0 saturated carbocycles. The van der Waals surface area contributed by atoms with Crippen molar-refractivity contribution in [2.45, 2.75) is 0 Å². The summed E-state index contributed by atoms with van der Waals surface area (Å²) in [6, 6.07) is 17.9. The van der Waals surface area contributed by atoms with Crippen LogP contribution in [0.1, 0.15) is 0 Å². The van der Waals surface area contributed by atoms with E-state index in [1.54, 1.807) is 0 Å². The van der Waals surface area contributed by atoms with E-state index < -0.39 is 0 Å². The maximum atomic E-state index is 12.2. The molecule has 2 aromatic heterocycles. The second-order valence-electron chi connectivity index (χ2n) is 5.07. The fourth-order valence-corrected chi connectivity index (χ4v) is 2.92. The largest absolute Gasteiger partial charge is 0.339 e. The first-order valence-electron chi connectivity index (χ1n) is 6.78. The average Bonchev–Trinajstić information content (AvgIpc) is 2.84. The lowest BCUT2D eigenvalue weighted by molar-refractivity contribution is 0.961. The molecule has 0 atom stereocenters. The van der Waals surface area contributed by atoms with Crippen molar-refractivity contribution < 1.29 is 0 Å². The normalized spacial score (nSPS) is 11.3. The molecule has 0 aliphatic heterocycles. The molecule has 102 valence electrons. The molecule has 0 saturated heterocycles. The molecule has 1 N–H and O–H groups in total. The molecule has 4 rings (SSSR count). The Morgan fingerprint density at radius 1 is 1.00 bits per heavy atom. The summed E-state index contributed by atoms with van der Waals surface area (Å²) in [5, 5.41) is 8.86. The lowest BCUT2D eigenvalue weighted by Crippen LogP contribution is -2.11. The third kappa shape index (κ3) is 1.62. The van der Waals surface area contributed by atoms with Crippen LogP contribution in [0.5, 0.6) is 0 Å². The van der Waals surface area contributed by atoms with Crippen LogP contribution in [-0.4, -0.2) is 14.8 Å². The summed E-state index contributed by atoms with van der Waals surface area (Å²) >= 11 is 0. The van der Waals surface area contributed by atoms with Gasteiger partial charge in [0, 0.05) is 28.9 Å². The van der Waals surface area contributed by atoms with Crippen molar-refractivity contribution in [3.8, 4) is 11.3 Å². The maximum Gasteiger partial charge on any atom is 0.288 e. The Balaban J connectivity index is 2.27. The predicted octanol–water partition coefficient (Wildman–Crippen LogP) is 3.08. The number of para-hydroxylation sites is 1. The number of aryl methyl sites for hydroxylation is 1. The van der Waals surface area contributed by atoms with Crippen LogP contribution in [0.25, 0.3) is 33.1 Å². The second kappa shape index (κ2) is 4.31. The van der Waals surface area contributed by atoms with Gasteiger partial charge in [0.15, 0.2) is 0 Å². The van der Waals surface area contributed by atoms with Gasteiger partial charge in [0.1, 0.15) is 11.2 Å². The maximum absolute atomic E-state index is 12.2. The number of aromatic nitrogens is 3. The highest BCUT2D eigenvalue weighted by Crippen LogP contribution is 2.32. The molecule has 2 heterocycles. The molecule has 21 heavy (non-hydrogen) atoms. The van der Waals surface area contributed by atoms with E-state index in [-0.39, 0.29) is 5.56 Å². The average molecular weight is 275 g/mol. The highest BCUT2D eigenvalue weighted by Gasteiger charge is 2.16. The van der Waals surface area contributed by atoms with Gasteiger partial charge < -0.3 is 4.57 Å². The number of benzene rings is 2. The van der Waals surface area contributed by atoms with E-state index in [1.807, 2.05) is 66.2 Å². The number of hydrogen-bond acceptors (Lipinski definition) is 2. The van der Waals surface area contributed by atoms with Crippen molar-refractivity contribution >= 4 is 21.8 Å². The quantitative estimate of drug-likeness (QED) is 0.580. The van der Waals surface area contributed by atoms with E-state index in [0.717, 1.165) is 27.5 Å². The zero-order chi connectivity index (χ0) is 14.4. The van der Waals surface area contributed by atoms with Gasteiger partial charge >= 0.3 is 0 Å². The van der Waals surface area contributed by atoms with Crippen LogP contribution >= 0.6 is 0 Å². The summed E-state index contributed by atoms with van der Waals surface area (Å²) in [6.45, 7) is 0. The third-order valence-corrected chi connectivity index (χ3v) is 3.88. The molecular weight excluding hydrogens is 262 g/mol. The first kappa shape index (κ1) is 11.9. The summed E-state index contributed by atoms with van der Waals surface area (Å²) in [5.74, 6) is 0. The van der Waals surface area contributed by atoms with E-state index in [4.69, 9.17) is 0 Å². The minimum atomic E-state index is -0.164. The molecule has 2 aromatic carbocycles. The Bertz CT molecular complexity index is 1010. The number of nitrogens with one attached hydrogen (secondary N) is 1. The van der Waals surface area contributed by atoms with Crippen LogP contribution in [0.4, 0.5) is 0 Å². The van der Waals surface area contributed by atoms with E-state index in [1.165, 1.54) is 0 Å². The van der Waals surface area contributed by atoms with E-state index in [2.05, 4.69) is 10.2 Å². The van der Waals surface area contributed by atoms with Crippen LogP contribution in [0.3, 0.4) is 0 Å². The Kier molecular flexibility index (Phi) is 2.44. The van der Waals surface area contributed by atoms with Crippen molar-refractivity contribution in [2.75, 3.05) is 0 Å². The van der Waals surface area contributed by atoms with Gasteiger partial charge in [-0.3, -0.25) is 4.79 Å². The molecule has 0 unspecified atom stereocenters. The first-order chi connectivity index (χ1) is 10.3. The Hall–Kier alpha value is -2.88. The fraction of sp³-hybridized carbons (Fsp3) is 0.0588. The van der Waals surface area contributed by atoms with Crippen LogP contribution in [0, 0.1) is 0 Å². The number of fused-ring (bicyclic) bond motifs is 3. The third-order valence-electron chi connectivity index (χ3n) is 3.88. The predicted molar refractivity (Wildman–Crippen MR) is 84.3 cm³/mol. The van der Waals surface area contributed by atoms with Crippen molar-refractivity contribution in [1.82, 2.24) is 14.8 Å². The fourth-order valence-electron chi connectivity index (χ4n) is 2.92. The standard InChI is InChI=1S/C17H13N3O/c1-20-13-10-6-5-9-12(13)14-15(11-7-3-2-4-8-11)18-19-17(21)16(14)20/h2-10H,1H3,(H,19,21). The van der Waals surface area contributed by atoms with Gasteiger partial charge in [-0.1, -0.05) is 48.5 Å². The smallest absolute Gasteiger partial charge is 0.288 e. The lowest BCUT2D eigenvalue weighted by Gasteiger charge is -2.02. The molecule has 0 amide bonds. The number of aromatic amines is 1. The summed E-state index contributed by atoms with van der Waals surface area (Å²) < 4.78 is 1.93. The zero-order valence-electron chi connectivity index (χ0n) is 11.5. The van der Waals surface area contributed by atoms with Gasteiger partial charge in [0.2, 0.25) is 0 Å². The Labute approximate surface area is 120 Å². The number of rotatable bonds is 1. The van der Waals surface area contributed by atoms with Gasteiger partial charge in [0.25, 0.3) is 5.56 Å². The van der Waals surface area contributed by atoms with Crippen molar-refractivity contribution in [1.29, 1.82) is 0 Å². The molecule has 0 aliphatic carbocycles. The van der Waals surface area contributed by atoms with Gasteiger partial charge in [-0.15, -0.1) is 0 Å². The number of H-pyrrole nitrogens is 1. The molecule has 0 spiro atoms. The monoisotopic (exact) mass is 275 g/mol. The highest BCUT2D eigenvalue weighted by molar-refractivity contribution is 6.13. The van der Waals surface area contributed by atoms with Gasteiger partial charge in [-0.05, 0) is 6.07 Å².